The van der Waals surface area contributed by atoms with Crippen LogP contribution in [-0.2, 0) is 0 Å². The van der Waals surface area contributed by atoms with Crippen LogP contribution in [0, 0.1) is 5.92 Å². The predicted octanol–water partition coefficient (Wildman–Crippen LogP) is 3.64. The Morgan fingerprint density at radius 2 is 2.12 bits per heavy atom. The van der Waals surface area contributed by atoms with E-state index in [9.17, 15) is 0 Å². The van der Waals surface area contributed by atoms with Gasteiger partial charge in [-0.05, 0) is 18.9 Å². The molecule has 0 radical (unpaired) electrons. The van der Waals surface area contributed by atoms with Gasteiger partial charge in [0.05, 0.1) is 0 Å². The van der Waals surface area contributed by atoms with Crippen molar-refractivity contribution in [2.45, 2.75) is 51.3 Å². The molecule has 0 bridgehead atoms. The Bertz CT molecular complexity index is 169. The highest BCUT2D eigenvalue weighted by molar-refractivity contribution is 8.06. The first kappa shape index (κ1) is 14.7. The number of hydrogen-bond acceptors (Lipinski definition) is 3. The summed E-state index contributed by atoms with van der Waals surface area (Å²) >= 11 is 4.32. The molecule has 0 amide bonds. The molecule has 0 aromatic rings. The molecule has 0 aromatic carbocycles. The highest BCUT2D eigenvalue weighted by Gasteiger charge is 2.25. The van der Waals surface area contributed by atoms with Gasteiger partial charge in [-0.2, -0.15) is 23.5 Å². The average Bonchev–Trinajstić information content (AvgIpc) is 2.30. The summed E-state index contributed by atoms with van der Waals surface area (Å²) in [5.41, 5.74) is 0. The molecule has 1 N–H and O–H groups in total. The van der Waals surface area contributed by atoms with Gasteiger partial charge in [0.25, 0.3) is 0 Å². The van der Waals surface area contributed by atoms with Gasteiger partial charge < -0.3 is 5.32 Å². The Morgan fingerprint density at radius 1 is 1.31 bits per heavy atom. The molecule has 0 spiro atoms. The summed E-state index contributed by atoms with van der Waals surface area (Å²) in [5.74, 6) is 4.92. The molecular formula is C13H27NS2. The third-order valence-electron chi connectivity index (χ3n) is 3.19. The van der Waals surface area contributed by atoms with Gasteiger partial charge in [0.2, 0.25) is 0 Å². The van der Waals surface area contributed by atoms with E-state index in [1.165, 1.54) is 36.5 Å². The molecule has 1 saturated heterocycles. The van der Waals surface area contributed by atoms with Gasteiger partial charge in [-0.1, -0.05) is 33.6 Å². The SMILES string of the molecule is CCCC(C)CC(NCC)C1CSCCS1. The predicted molar refractivity (Wildman–Crippen MR) is 79.7 cm³/mol. The molecule has 0 aliphatic carbocycles. The van der Waals surface area contributed by atoms with Crippen molar-refractivity contribution in [1.29, 1.82) is 0 Å². The second kappa shape index (κ2) is 8.71. The molecule has 1 nitrogen and oxygen atoms in total. The van der Waals surface area contributed by atoms with Gasteiger partial charge >= 0.3 is 0 Å². The highest BCUT2D eigenvalue weighted by Crippen LogP contribution is 2.29. The Morgan fingerprint density at radius 3 is 2.69 bits per heavy atom. The lowest BCUT2D eigenvalue weighted by Gasteiger charge is -2.31. The largest absolute Gasteiger partial charge is 0.313 e. The molecule has 1 fully saturated rings. The van der Waals surface area contributed by atoms with Crippen molar-refractivity contribution in [2.24, 2.45) is 5.92 Å². The van der Waals surface area contributed by atoms with Gasteiger partial charge in [-0.3, -0.25) is 0 Å². The lowest BCUT2D eigenvalue weighted by Crippen LogP contribution is -2.42. The molecule has 3 unspecified atom stereocenters. The van der Waals surface area contributed by atoms with Crippen LogP contribution in [0.15, 0.2) is 0 Å². The van der Waals surface area contributed by atoms with Crippen LogP contribution in [0.2, 0.25) is 0 Å². The maximum absolute atomic E-state index is 3.71. The minimum Gasteiger partial charge on any atom is -0.313 e. The number of nitrogens with one attached hydrogen (secondary N) is 1. The van der Waals surface area contributed by atoms with Gasteiger partial charge in [-0.15, -0.1) is 0 Å². The molecule has 0 aromatic heterocycles. The lowest BCUT2D eigenvalue weighted by atomic mass is 9.95. The lowest BCUT2D eigenvalue weighted by molar-refractivity contribution is 0.387. The van der Waals surface area contributed by atoms with Crippen molar-refractivity contribution in [3.63, 3.8) is 0 Å². The summed E-state index contributed by atoms with van der Waals surface area (Å²) in [5, 5.41) is 4.55. The zero-order chi connectivity index (χ0) is 11.8. The molecular weight excluding hydrogens is 234 g/mol. The minimum absolute atomic E-state index is 0.740. The van der Waals surface area contributed by atoms with Crippen molar-refractivity contribution < 1.29 is 0 Å². The average molecular weight is 261 g/mol. The molecule has 1 heterocycles. The van der Waals surface area contributed by atoms with Crippen LogP contribution in [0.3, 0.4) is 0 Å². The number of thioether (sulfide) groups is 2. The number of hydrogen-bond donors (Lipinski definition) is 1. The van der Waals surface area contributed by atoms with E-state index in [-0.39, 0.29) is 0 Å². The monoisotopic (exact) mass is 261 g/mol. The molecule has 3 heteroatoms. The van der Waals surface area contributed by atoms with Crippen molar-refractivity contribution in [3.05, 3.63) is 0 Å². The zero-order valence-electron chi connectivity index (χ0n) is 11.0. The first-order valence-electron chi connectivity index (χ1n) is 6.70. The van der Waals surface area contributed by atoms with Crippen LogP contribution < -0.4 is 5.32 Å². The van der Waals surface area contributed by atoms with Crippen LogP contribution in [-0.4, -0.2) is 35.1 Å². The topological polar surface area (TPSA) is 12.0 Å². The molecule has 0 saturated carbocycles. The van der Waals surface area contributed by atoms with Crippen LogP contribution >= 0.6 is 23.5 Å². The second-order valence-corrected chi connectivity index (χ2v) is 7.27. The maximum atomic E-state index is 3.71. The first-order valence-corrected chi connectivity index (χ1v) is 8.91. The fraction of sp³-hybridized carbons (Fsp3) is 1.00. The summed E-state index contributed by atoms with van der Waals surface area (Å²) in [6, 6.07) is 0.740. The highest BCUT2D eigenvalue weighted by atomic mass is 32.2. The Balaban J connectivity index is 2.38. The van der Waals surface area contributed by atoms with Gasteiger partial charge in [0.1, 0.15) is 0 Å². The maximum Gasteiger partial charge on any atom is 0.0292 e. The van der Waals surface area contributed by atoms with Crippen molar-refractivity contribution in [1.82, 2.24) is 5.32 Å². The molecule has 1 aliphatic heterocycles. The quantitative estimate of drug-likeness (QED) is 0.751. The summed E-state index contributed by atoms with van der Waals surface area (Å²) in [4.78, 5) is 0. The van der Waals surface area contributed by atoms with E-state index in [0.717, 1.165) is 23.8 Å². The Hall–Kier alpha value is 0.660. The van der Waals surface area contributed by atoms with Gasteiger partial charge in [-0.25, -0.2) is 0 Å². The van der Waals surface area contributed by atoms with Crippen molar-refractivity contribution in [3.8, 4) is 0 Å². The minimum atomic E-state index is 0.740. The second-order valence-electron chi connectivity index (χ2n) is 4.78. The van der Waals surface area contributed by atoms with E-state index >= 15 is 0 Å². The third kappa shape index (κ3) is 5.33. The van der Waals surface area contributed by atoms with Crippen molar-refractivity contribution >= 4 is 23.5 Å². The standard InChI is InChI=1S/C13H27NS2/c1-4-6-11(3)9-12(14-5-2)13-10-15-7-8-16-13/h11-14H,4-10H2,1-3H3. The van der Waals surface area contributed by atoms with Crippen LogP contribution in [0.1, 0.15) is 40.0 Å². The molecule has 3 atom stereocenters. The first-order chi connectivity index (χ1) is 7.77. The van der Waals surface area contributed by atoms with E-state index in [4.69, 9.17) is 0 Å². The van der Waals surface area contributed by atoms with Crippen LogP contribution in [0.5, 0.6) is 0 Å². The van der Waals surface area contributed by atoms with E-state index < -0.39 is 0 Å². The third-order valence-corrected chi connectivity index (χ3v) is 6.11. The van der Waals surface area contributed by atoms with Crippen LogP contribution in [0.25, 0.3) is 0 Å². The zero-order valence-corrected chi connectivity index (χ0v) is 12.6. The Labute approximate surface area is 110 Å². The van der Waals surface area contributed by atoms with Crippen molar-refractivity contribution in [2.75, 3.05) is 23.8 Å². The smallest absolute Gasteiger partial charge is 0.0292 e. The number of rotatable bonds is 7. The normalized spacial score (nSPS) is 25.3. The molecule has 1 rings (SSSR count). The van der Waals surface area contributed by atoms with Gasteiger partial charge in [0, 0.05) is 28.6 Å². The van der Waals surface area contributed by atoms with E-state index in [0.29, 0.717) is 0 Å². The summed E-state index contributed by atoms with van der Waals surface area (Å²) in [6.07, 6.45) is 4.07. The van der Waals surface area contributed by atoms with E-state index in [1.807, 2.05) is 0 Å². The molecule has 1 aliphatic rings. The van der Waals surface area contributed by atoms with E-state index in [1.54, 1.807) is 0 Å². The fourth-order valence-corrected chi connectivity index (χ4v) is 5.31. The van der Waals surface area contributed by atoms with Gasteiger partial charge in [0.15, 0.2) is 0 Å². The fourth-order valence-electron chi connectivity index (χ4n) is 2.41. The summed E-state index contributed by atoms with van der Waals surface area (Å²) in [7, 11) is 0. The Kier molecular flexibility index (Phi) is 8.01. The van der Waals surface area contributed by atoms with E-state index in [2.05, 4.69) is 49.6 Å². The summed E-state index contributed by atoms with van der Waals surface area (Å²) < 4.78 is 0. The van der Waals surface area contributed by atoms with Crippen LogP contribution in [0.4, 0.5) is 0 Å². The molecule has 96 valence electrons. The molecule has 16 heavy (non-hydrogen) atoms. The summed E-state index contributed by atoms with van der Waals surface area (Å²) in [6.45, 7) is 8.06.